The Morgan fingerprint density at radius 1 is 0.641 bits per heavy atom. The molecular weight excluding hydrogens is 845 g/mol. The molecule has 0 atom stereocenters. The first-order valence-electron chi connectivity index (χ1n) is 19.3. The van der Waals surface area contributed by atoms with Crippen molar-refractivity contribution in [3.05, 3.63) is 164 Å². The molecule has 0 N–H and O–H groups in total. The number of methoxy groups -OCH3 is 2. The number of aromatic nitrogens is 1. The molecule has 0 aliphatic carbocycles. The second kappa shape index (κ2) is 15.4. The molecule has 0 bridgehead atoms. The number of carbonyl (C=O) groups is 2. The van der Waals surface area contributed by atoms with Gasteiger partial charge >= 0.3 is 18.3 Å². The van der Waals surface area contributed by atoms with Gasteiger partial charge in [-0.2, -0.15) is 26.3 Å². The van der Waals surface area contributed by atoms with Gasteiger partial charge in [0.05, 0.1) is 43.0 Å². The van der Waals surface area contributed by atoms with Crippen molar-refractivity contribution in [2.45, 2.75) is 18.8 Å². The van der Waals surface area contributed by atoms with Crippen LogP contribution in [0.4, 0.5) is 26.3 Å². The number of halogens is 6. The van der Waals surface area contributed by atoms with Crippen LogP contribution in [0, 0.1) is 0 Å². The molecule has 2 aromatic heterocycles. The van der Waals surface area contributed by atoms with Crippen molar-refractivity contribution in [2.24, 2.45) is 0 Å². The Bertz CT molecular complexity index is 3390. The number of para-hydroxylation sites is 1. The lowest BCUT2D eigenvalue weighted by Gasteiger charge is -2.20. The highest BCUT2D eigenvalue weighted by molar-refractivity contribution is 6.32. The Hall–Kier alpha value is -7.94. The second-order valence-corrected chi connectivity index (χ2v) is 14.8. The Morgan fingerprint density at radius 3 is 1.70 bits per heavy atom. The topological polar surface area (TPSA) is 114 Å². The molecule has 0 radical (unpaired) electrons. The van der Waals surface area contributed by atoms with Crippen LogP contribution in [0.25, 0.3) is 71.4 Å². The average Bonchev–Trinajstić information content (AvgIpc) is 3.28. The van der Waals surface area contributed by atoms with E-state index in [1.165, 1.54) is 87.0 Å². The predicted molar refractivity (Wildman–Crippen MR) is 227 cm³/mol. The summed E-state index contributed by atoms with van der Waals surface area (Å²) < 4.78 is 106. The molecule has 2 heterocycles. The summed E-state index contributed by atoms with van der Waals surface area (Å²) >= 11 is 0. The summed E-state index contributed by atoms with van der Waals surface area (Å²) in [7, 11) is 2.67. The van der Waals surface area contributed by atoms with Crippen molar-refractivity contribution in [2.75, 3.05) is 14.2 Å². The number of benzene rings is 7. The van der Waals surface area contributed by atoms with Crippen LogP contribution < -0.4 is 25.3 Å². The summed E-state index contributed by atoms with van der Waals surface area (Å²) in [5.74, 6) is -0.418. The standard InChI is InChI=1S/C49H29F6NO8/c1-61-39-20-31(21-40(62-2)37(39)24-57)63-41(58)19-25-7-17-30(18-8-25)56-46(59)35-22-33(26-9-13-28(14-10-26)48(50,51)52)42-32-5-3-4-6-38(32)64-45-34(23-36(47(56)60)43(35)44(42)45)27-11-15-29(16-12-27)49(53,54)55/h3-18,20-24H,19H2,1-2H3. The fourth-order valence-corrected chi connectivity index (χ4v) is 8.08. The van der Waals surface area contributed by atoms with Gasteiger partial charge in [-0.1, -0.05) is 54.6 Å². The van der Waals surface area contributed by atoms with Crippen LogP contribution in [0.15, 0.2) is 135 Å². The lowest BCUT2D eigenvalue weighted by Crippen LogP contribution is -2.32. The van der Waals surface area contributed by atoms with E-state index in [2.05, 4.69) is 0 Å². The molecule has 7 aromatic carbocycles. The molecule has 0 spiro atoms. The highest BCUT2D eigenvalue weighted by Gasteiger charge is 2.32. The molecule has 15 heteroatoms. The second-order valence-electron chi connectivity index (χ2n) is 14.8. The number of pyridine rings is 1. The number of aldehydes is 1. The molecule has 0 aliphatic heterocycles. The third kappa shape index (κ3) is 7.04. The summed E-state index contributed by atoms with van der Waals surface area (Å²) in [5, 5.41) is 1.40. The Kier molecular flexibility index (Phi) is 10.00. The van der Waals surface area contributed by atoms with Gasteiger partial charge in [-0.25, -0.2) is 4.57 Å². The van der Waals surface area contributed by atoms with Crippen LogP contribution in [-0.2, 0) is 23.6 Å². The number of nitrogens with zero attached hydrogens (tertiary/aromatic N) is 1. The monoisotopic (exact) mass is 873 g/mol. The third-order valence-electron chi connectivity index (χ3n) is 11.0. The number of hydrogen-bond acceptors (Lipinski definition) is 8. The number of carbonyl (C=O) groups excluding carboxylic acids is 2. The largest absolute Gasteiger partial charge is 0.496 e. The summed E-state index contributed by atoms with van der Waals surface area (Å²) in [6, 6.07) is 27.1. The zero-order valence-corrected chi connectivity index (χ0v) is 33.3. The van der Waals surface area contributed by atoms with E-state index in [1.807, 2.05) is 0 Å². The minimum absolute atomic E-state index is 0.00515. The summed E-state index contributed by atoms with van der Waals surface area (Å²) in [6.07, 6.45) is -9.00. The number of esters is 1. The zero-order valence-electron chi connectivity index (χ0n) is 33.3. The number of alkyl halides is 6. The summed E-state index contributed by atoms with van der Waals surface area (Å²) in [5.41, 5.74) is -1.18. The highest BCUT2D eigenvalue weighted by atomic mass is 19.4. The number of ether oxygens (including phenoxy) is 3. The van der Waals surface area contributed by atoms with Crippen LogP contribution in [0.1, 0.15) is 27.0 Å². The predicted octanol–water partition coefficient (Wildman–Crippen LogP) is 11.2. The number of rotatable bonds is 9. The van der Waals surface area contributed by atoms with E-state index >= 15 is 0 Å². The maximum atomic E-state index is 14.8. The SMILES string of the molecule is COc1cc(OC(=O)Cc2ccc(-n3c(=O)c4cc(-c5ccc(C(F)(F)F)cc5)c5oc6ccccc6c6c(-c7ccc(C(F)(F)F)cc7)cc(c3=O)c4c56)cc2)cc(OC)c1C=O. The molecule has 64 heavy (non-hydrogen) atoms. The molecule has 0 saturated heterocycles. The van der Waals surface area contributed by atoms with Gasteiger partial charge < -0.3 is 18.6 Å². The fourth-order valence-electron chi connectivity index (χ4n) is 8.08. The molecule has 9 rings (SSSR count). The maximum absolute atomic E-state index is 14.8. The first kappa shape index (κ1) is 41.4. The number of fused-ring (bicyclic) bond motifs is 2. The Balaban J connectivity index is 1.24. The van der Waals surface area contributed by atoms with Crippen molar-refractivity contribution in [1.29, 1.82) is 0 Å². The zero-order chi connectivity index (χ0) is 45.2. The van der Waals surface area contributed by atoms with E-state index < -0.39 is 40.6 Å². The van der Waals surface area contributed by atoms with E-state index in [-0.39, 0.29) is 73.2 Å². The van der Waals surface area contributed by atoms with E-state index in [1.54, 1.807) is 24.3 Å². The molecule has 0 saturated carbocycles. The molecule has 0 amide bonds. The van der Waals surface area contributed by atoms with Crippen LogP contribution >= 0.6 is 0 Å². The van der Waals surface area contributed by atoms with E-state index in [4.69, 9.17) is 18.6 Å². The van der Waals surface area contributed by atoms with Crippen molar-refractivity contribution in [3.63, 3.8) is 0 Å². The Labute approximate surface area is 356 Å². The normalized spacial score (nSPS) is 12.1. The van der Waals surface area contributed by atoms with Crippen molar-refractivity contribution < 1.29 is 54.6 Å². The summed E-state index contributed by atoms with van der Waals surface area (Å²) in [4.78, 5) is 54.1. The quantitative estimate of drug-likeness (QED) is 0.0352. The van der Waals surface area contributed by atoms with Crippen LogP contribution in [0.2, 0.25) is 0 Å². The van der Waals surface area contributed by atoms with Crippen molar-refractivity contribution in [1.82, 2.24) is 4.57 Å². The molecule has 0 fully saturated rings. The van der Waals surface area contributed by atoms with Gasteiger partial charge in [0.25, 0.3) is 11.1 Å². The third-order valence-corrected chi connectivity index (χ3v) is 11.0. The van der Waals surface area contributed by atoms with E-state index in [0.717, 1.165) is 28.8 Å². The minimum atomic E-state index is -4.64. The smallest absolute Gasteiger partial charge is 0.416 e. The van der Waals surface area contributed by atoms with Crippen LogP contribution in [0.5, 0.6) is 17.2 Å². The van der Waals surface area contributed by atoms with Gasteiger partial charge in [-0.05, 0) is 76.9 Å². The lowest BCUT2D eigenvalue weighted by atomic mass is 9.87. The van der Waals surface area contributed by atoms with Gasteiger partial charge in [0, 0.05) is 50.0 Å². The molecule has 9 aromatic rings. The van der Waals surface area contributed by atoms with Gasteiger partial charge in [-0.3, -0.25) is 19.2 Å². The van der Waals surface area contributed by atoms with Gasteiger partial charge in [0.2, 0.25) is 0 Å². The van der Waals surface area contributed by atoms with E-state index in [0.29, 0.717) is 39.3 Å². The molecule has 320 valence electrons. The van der Waals surface area contributed by atoms with Crippen molar-refractivity contribution >= 4 is 55.7 Å². The molecule has 9 nitrogen and oxygen atoms in total. The average molecular weight is 874 g/mol. The summed E-state index contributed by atoms with van der Waals surface area (Å²) in [6.45, 7) is 0. The van der Waals surface area contributed by atoms with E-state index in [9.17, 15) is 45.5 Å². The lowest BCUT2D eigenvalue weighted by molar-refractivity contribution is -0.138. The molecule has 0 aliphatic rings. The minimum Gasteiger partial charge on any atom is -0.496 e. The highest BCUT2D eigenvalue weighted by Crippen LogP contribution is 2.47. The first-order chi connectivity index (χ1) is 30.6. The van der Waals surface area contributed by atoms with Gasteiger partial charge in [0.1, 0.15) is 28.4 Å². The van der Waals surface area contributed by atoms with Gasteiger partial charge in [0.15, 0.2) is 6.29 Å². The Morgan fingerprint density at radius 2 is 1.17 bits per heavy atom. The maximum Gasteiger partial charge on any atom is 0.416 e. The van der Waals surface area contributed by atoms with Crippen molar-refractivity contribution in [3.8, 4) is 45.2 Å². The molecule has 0 unspecified atom stereocenters. The molecular formula is C49H29F6NO8. The van der Waals surface area contributed by atoms with Gasteiger partial charge in [-0.15, -0.1) is 0 Å². The van der Waals surface area contributed by atoms with Crippen LogP contribution in [0.3, 0.4) is 0 Å². The first-order valence-corrected chi connectivity index (χ1v) is 19.3. The fraction of sp³-hybridized carbons (Fsp3) is 0.102. The van der Waals surface area contributed by atoms with Crippen LogP contribution in [-0.4, -0.2) is 31.0 Å². The number of hydrogen-bond donors (Lipinski definition) is 0.